The Labute approximate surface area is 119 Å². The van der Waals surface area contributed by atoms with E-state index in [2.05, 4.69) is 0 Å². The minimum atomic E-state index is -0.921. The van der Waals surface area contributed by atoms with E-state index in [1.807, 2.05) is 27.7 Å². The molecule has 0 saturated heterocycles. The number of benzene rings is 1. The molecular weight excluding hydrogens is 256 g/mol. The molecular formula is C15H22N2O3. The fourth-order valence-corrected chi connectivity index (χ4v) is 1.88. The van der Waals surface area contributed by atoms with Crippen molar-refractivity contribution >= 4 is 17.6 Å². The van der Waals surface area contributed by atoms with Crippen LogP contribution in [0.4, 0.5) is 5.69 Å². The molecule has 0 fully saturated rings. The maximum atomic E-state index is 12.5. The lowest BCUT2D eigenvalue weighted by Gasteiger charge is -2.35. The molecule has 0 radical (unpaired) electrons. The monoisotopic (exact) mass is 278 g/mol. The maximum absolute atomic E-state index is 12.5. The van der Waals surface area contributed by atoms with E-state index in [-0.39, 0.29) is 18.9 Å². The van der Waals surface area contributed by atoms with Gasteiger partial charge < -0.3 is 15.7 Å². The molecule has 1 aromatic carbocycles. The van der Waals surface area contributed by atoms with Gasteiger partial charge in [-0.1, -0.05) is 6.07 Å². The second-order valence-corrected chi connectivity index (χ2v) is 5.84. The molecule has 0 bridgehead atoms. The molecule has 1 amide bonds. The van der Waals surface area contributed by atoms with Crippen molar-refractivity contribution in [3.63, 3.8) is 0 Å². The zero-order valence-electron chi connectivity index (χ0n) is 12.4. The summed E-state index contributed by atoms with van der Waals surface area (Å²) < 4.78 is 0. The number of carboxylic acids is 1. The second-order valence-electron chi connectivity index (χ2n) is 5.84. The van der Waals surface area contributed by atoms with Crippen LogP contribution in [0, 0.1) is 6.92 Å². The number of carbonyl (C=O) groups is 2. The summed E-state index contributed by atoms with van der Waals surface area (Å²) in [5.74, 6) is -1.12. The summed E-state index contributed by atoms with van der Waals surface area (Å²) in [5.41, 5.74) is 7.32. The van der Waals surface area contributed by atoms with Gasteiger partial charge in [0.2, 0.25) is 0 Å². The number of carboxylic acid groups (broad SMARTS) is 1. The van der Waals surface area contributed by atoms with E-state index in [0.717, 1.165) is 5.56 Å². The van der Waals surface area contributed by atoms with Gasteiger partial charge in [-0.05, 0) is 45.4 Å². The molecule has 1 aromatic rings. The van der Waals surface area contributed by atoms with Crippen LogP contribution in [0.25, 0.3) is 0 Å². The van der Waals surface area contributed by atoms with E-state index in [1.165, 1.54) is 0 Å². The summed E-state index contributed by atoms with van der Waals surface area (Å²) in [7, 11) is 0. The fraction of sp³-hybridized carbons (Fsp3) is 0.467. The Kier molecular flexibility index (Phi) is 4.76. The molecule has 0 saturated carbocycles. The fourth-order valence-electron chi connectivity index (χ4n) is 1.88. The number of nitrogens with zero attached hydrogens (tertiary/aromatic N) is 1. The van der Waals surface area contributed by atoms with Gasteiger partial charge in [0, 0.05) is 23.3 Å². The zero-order chi connectivity index (χ0) is 15.5. The maximum Gasteiger partial charge on any atom is 0.305 e. The molecule has 1 rings (SSSR count). The van der Waals surface area contributed by atoms with Crippen LogP contribution in [0.3, 0.4) is 0 Å². The number of hydrogen-bond acceptors (Lipinski definition) is 3. The Bertz CT molecular complexity index is 518. The molecule has 0 unspecified atom stereocenters. The Morgan fingerprint density at radius 1 is 1.30 bits per heavy atom. The average molecular weight is 278 g/mol. The summed E-state index contributed by atoms with van der Waals surface area (Å²) >= 11 is 0. The number of nitrogen functional groups attached to an aromatic ring is 1. The van der Waals surface area contributed by atoms with E-state index in [4.69, 9.17) is 10.8 Å². The van der Waals surface area contributed by atoms with Crippen molar-refractivity contribution in [2.24, 2.45) is 0 Å². The summed E-state index contributed by atoms with van der Waals surface area (Å²) in [4.78, 5) is 24.8. The molecule has 20 heavy (non-hydrogen) atoms. The van der Waals surface area contributed by atoms with Crippen LogP contribution in [-0.2, 0) is 4.79 Å². The average Bonchev–Trinajstić information content (AvgIpc) is 2.30. The highest BCUT2D eigenvalue weighted by Crippen LogP contribution is 2.20. The Morgan fingerprint density at radius 3 is 2.35 bits per heavy atom. The Morgan fingerprint density at radius 2 is 1.90 bits per heavy atom. The standard InChI is InChI=1S/C15H22N2O3/c1-10-5-6-11(9-12(10)16)14(20)17(15(2,3)4)8-7-13(18)19/h5-6,9H,7-8,16H2,1-4H3,(H,18,19). The minimum absolute atomic E-state index is 0.0790. The Balaban J connectivity index is 3.03. The lowest BCUT2D eigenvalue weighted by atomic mass is 10.0. The highest BCUT2D eigenvalue weighted by atomic mass is 16.4. The number of anilines is 1. The second kappa shape index (κ2) is 5.94. The molecule has 0 aliphatic heterocycles. The molecule has 5 heteroatoms. The van der Waals surface area contributed by atoms with Crippen molar-refractivity contribution in [3.05, 3.63) is 29.3 Å². The largest absolute Gasteiger partial charge is 0.481 e. The van der Waals surface area contributed by atoms with Gasteiger partial charge in [0.05, 0.1) is 6.42 Å². The number of aliphatic carboxylic acids is 1. The topological polar surface area (TPSA) is 83.6 Å². The summed E-state index contributed by atoms with van der Waals surface area (Å²) in [6.07, 6.45) is -0.0790. The van der Waals surface area contributed by atoms with Gasteiger partial charge in [0.1, 0.15) is 0 Å². The molecule has 110 valence electrons. The predicted molar refractivity (Wildman–Crippen MR) is 78.6 cm³/mol. The first kappa shape index (κ1) is 16.0. The molecule has 0 heterocycles. The van der Waals surface area contributed by atoms with Crippen molar-refractivity contribution in [2.75, 3.05) is 12.3 Å². The smallest absolute Gasteiger partial charge is 0.305 e. The molecule has 3 N–H and O–H groups in total. The highest BCUT2D eigenvalue weighted by molar-refractivity contribution is 5.95. The molecule has 0 spiro atoms. The third-order valence-electron chi connectivity index (χ3n) is 3.13. The van der Waals surface area contributed by atoms with Gasteiger partial charge >= 0.3 is 5.97 Å². The van der Waals surface area contributed by atoms with Gasteiger partial charge in [-0.15, -0.1) is 0 Å². The minimum Gasteiger partial charge on any atom is -0.481 e. The third kappa shape index (κ3) is 3.98. The summed E-state index contributed by atoms with van der Waals surface area (Å²) in [5, 5.41) is 8.80. The number of rotatable bonds is 4. The quantitative estimate of drug-likeness (QED) is 0.828. The molecule has 0 aliphatic carbocycles. The third-order valence-corrected chi connectivity index (χ3v) is 3.13. The van der Waals surface area contributed by atoms with Crippen LogP contribution in [0.2, 0.25) is 0 Å². The van der Waals surface area contributed by atoms with Crippen LogP contribution in [0.15, 0.2) is 18.2 Å². The number of carbonyl (C=O) groups excluding carboxylic acids is 1. The van der Waals surface area contributed by atoms with Gasteiger partial charge in [0.15, 0.2) is 0 Å². The first-order chi connectivity index (χ1) is 9.12. The summed E-state index contributed by atoms with van der Waals surface area (Å²) in [6, 6.07) is 5.14. The Hall–Kier alpha value is -2.04. The van der Waals surface area contributed by atoms with E-state index < -0.39 is 11.5 Å². The predicted octanol–water partition coefficient (Wildman–Crippen LogP) is 2.29. The molecule has 5 nitrogen and oxygen atoms in total. The number of aryl methyl sites for hydroxylation is 1. The van der Waals surface area contributed by atoms with Gasteiger partial charge in [0.25, 0.3) is 5.91 Å². The van der Waals surface area contributed by atoms with E-state index in [9.17, 15) is 9.59 Å². The van der Waals surface area contributed by atoms with Crippen molar-refractivity contribution in [3.8, 4) is 0 Å². The molecule has 0 atom stereocenters. The van der Waals surface area contributed by atoms with Crippen LogP contribution < -0.4 is 5.73 Å². The van der Waals surface area contributed by atoms with Gasteiger partial charge in [-0.3, -0.25) is 9.59 Å². The van der Waals surface area contributed by atoms with E-state index >= 15 is 0 Å². The first-order valence-corrected chi connectivity index (χ1v) is 6.53. The summed E-state index contributed by atoms with van der Waals surface area (Å²) in [6.45, 7) is 7.68. The van der Waals surface area contributed by atoms with Crippen molar-refractivity contribution in [2.45, 2.75) is 39.7 Å². The molecule has 0 aliphatic rings. The number of amides is 1. The normalized spacial score (nSPS) is 11.2. The van der Waals surface area contributed by atoms with Crippen LogP contribution in [0.5, 0.6) is 0 Å². The molecule has 0 aromatic heterocycles. The van der Waals surface area contributed by atoms with E-state index in [0.29, 0.717) is 11.3 Å². The lowest BCUT2D eigenvalue weighted by Crippen LogP contribution is -2.46. The SMILES string of the molecule is Cc1ccc(C(=O)N(CCC(=O)O)C(C)(C)C)cc1N. The van der Waals surface area contributed by atoms with E-state index in [1.54, 1.807) is 23.1 Å². The number of hydrogen-bond donors (Lipinski definition) is 2. The van der Waals surface area contributed by atoms with Crippen LogP contribution >= 0.6 is 0 Å². The van der Waals surface area contributed by atoms with Crippen molar-refractivity contribution in [1.29, 1.82) is 0 Å². The van der Waals surface area contributed by atoms with Crippen molar-refractivity contribution in [1.82, 2.24) is 4.90 Å². The number of nitrogens with two attached hydrogens (primary N) is 1. The van der Waals surface area contributed by atoms with Gasteiger partial charge in [-0.25, -0.2) is 0 Å². The van der Waals surface area contributed by atoms with Crippen molar-refractivity contribution < 1.29 is 14.7 Å². The first-order valence-electron chi connectivity index (χ1n) is 6.53. The van der Waals surface area contributed by atoms with Crippen LogP contribution in [-0.4, -0.2) is 34.0 Å². The lowest BCUT2D eigenvalue weighted by molar-refractivity contribution is -0.137. The van der Waals surface area contributed by atoms with Gasteiger partial charge in [-0.2, -0.15) is 0 Å². The van der Waals surface area contributed by atoms with Crippen LogP contribution in [0.1, 0.15) is 43.1 Å². The zero-order valence-corrected chi connectivity index (χ0v) is 12.4. The highest BCUT2D eigenvalue weighted by Gasteiger charge is 2.27.